The lowest BCUT2D eigenvalue weighted by Crippen LogP contribution is -2.38. The third-order valence-electron chi connectivity index (χ3n) is 4.99. The fourth-order valence-corrected chi connectivity index (χ4v) is 4.37. The monoisotopic (exact) mass is 305 g/mol. The van der Waals surface area contributed by atoms with Crippen molar-refractivity contribution in [2.45, 2.75) is 51.9 Å². The summed E-state index contributed by atoms with van der Waals surface area (Å²) in [4.78, 5) is 1.50. The van der Waals surface area contributed by atoms with Gasteiger partial charge in [-0.15, -0.1) is 11.8 Å². The molecule has 21 heavy (non-hydrogen) atoms. The van der Waals surface area contributed by atoms with E-state index in [4.69, 9.17) is 0 Å². The van der Waals surface area contributed by atoms with Crippen LogP contribution < -0.4 is 5.32 Å². The Morgan fingerprint density at radius 3 is 2.62 bits per heavy atom. The fraction of sp³-hybridized carbons (Fsp3) is 0.684. The summed E-state index contributed by atoms with van der Waals surface area (Å²) in [5, 5.41) is 3.70. The van der Waals surface area contributed by atoms with Gasteiger partial charge >= 0.3 is 0 Å². The van der Waals surface area contributed by atoms with Crippen molar-refractivity contribution in [1.82, 2.24) is 5.32 Å². The van der Waals surface area contributed by atoms with Gasteiger partial charge in [0.15, 0.2) is 0 Å². The third kappa shape index (κ3) is 4.26. The van der Waals surface area contributed by atoms with Crippen molar-refractivity contribution in [3.63, 3.8) is 0 Å². The van der Waals surface area contributed by atoms with Crippen LogP contribution in [0.15, 0.2) is 29.2 Å². The Bertz CT molecular complexity index is 455. The highest BCUT2D eigenvalue weighted by molar-refractivity contribution is 7.99. The van der Waals surface area contributed by atoms with Crippen LogP contribution in [0, 0.1) is 17.3 Å². The van der Waals surface area contributed by atoms with Gasteiger partial charge in [0.25, 0.3) is 0 Å². The Kier molecular flexibility index (Phi) is 5.79. The van der Waals surface area contributed by atoms with Crippen LogP contribution in [-0.4, -0.2) is 18.8 Å². The summed E-state index contributed by atoms with van der Waals surface area (Å²) >= 11 is 2.04. The van der Waals surface area contributed by atoms with E-state index in [9.17, 15) is 0 Å². The fourth-order valence-electron chi connectivity index (χ4n) is 3.12. The van der Waals surface area contributed by atoms with E-state index < -0.39 is 0 Å². The predicted octanol–water partition coefficient (Wildman–Crippen LogP) is 5.17. The third-order valence-corrected chi connectivity index (χ3v) is 6.24. The van der Waals surface area contributed by atoms with Gasteiger partial charge < -0.3 is 5.32 Å². The molecule has 0 spiro atoms. The molecule has 1 N–H and O–H groups in total. The van der Waals surface area contributed by atoms with Gasteiger partial charge in [-0.2, -0.15) is 0 Å². The van der Waals surface area contributed by atoms with Crippen molar-refractivity contribution in [3.05, 3.63) is 29.8 Å². The van der Waals surface area contributed by atoms with Crippen LogP contribution in [-0.2, 0) is 0 Å². The first-order valence-corrected chi connectivity index (χ1v) is 9.33. The first kappa shape index (κ1) is 16.9. The zero-order chi connectivity index (χ0) is 15.5. The maximum Gasteiger partial charge on any atom is 0.0107 e. The minimum Gasteiger partial charge on any atom is -0.316 e. The van der Waals surface area contributed by atoms with Crippen LogP contribution in [0.25, 0.3) is 0 Å². The van der Waals surface area contributed by atoms with E-state index in [1.54, 1.807) is 5.56 Å². The predicted molar refractivity (Wildman–Crippen MR) is 95.2 cm³/mol. The number of rotatable bonds is 7. The molecule has 1 aliphatic heterocycles. The lowest BCUT2D eigenvalue weighted by molar-refractivity contribution is 0.178. The van der Waals surface area contributed by atoms with Crippen LogP contribution >= 0.6 is 11.8 Å². The normalized spacial score (nSPS) is 20.8. The number of thioether (sulfide) groups is 1. The van der Waals surface area contributed by atoms with Crippen molar-refractivity contribution in [2.24, 2.45) is 17.3 Å². The molecule has 118 valence electrons. The van der Waals surface area contributed by atoms with Gasteiger partial charge in [-0.05, 0) is 47.8 Å². The maximum atomic E-state index is 3.70. The Balaban J connectivity index is 2.03. The Morgan fingerprint density at radius 1 is 1.24 bits per heavy atom. The molecule has 0 amide bonds. The number of fused-ring (bicyclic) bond motifs is 1. The maximum absolute atomic E-state index is 3.70. The van der Waals surface area contributed by atoms with E-state index in [1.807, 2.05) is 11.8 Å². The highest BCUT2D eigenvalue weighted by Crippen LogP contribution is 2.46. The molecule has 1 heterocycles. The molecule has 1 aromatic carbocycles. The molecule has 2 heteroatoms. The molecule has 1 aliphatic rings. The first-order chi connectivity index (χ1) is 9.92. The van der Waals surface area contributed by atoms with Gasteiger partial charge in [0.05, 0.1) is 0 Å². The number of hydrogen-bond acceptors (Lipinski definition) is 2. The van der Waals surface area contributed by atoms with Gasteiger partial charge in [-0.1, -0.05) is 52.8 Å². The van der Waals surface area contributed by atoms with Crippen molar-refractivity contribution < 1.29 is 0 Å². The van der Waals surface area contributed by atoms with E-state index in [0.717, 1.165) is 24.9 Å². The van der Waals surface area contributed by atoms with Crippen molar-refractivity contribution in [3.8, 4) is 0 Å². The van der Waals surface area contributed by atoms with Crippen LogP contribution in [0.1, 0.15) is 52.5 Å². The Morgan fingerprint density at radius 2 is 1.95 bits per heavy atom. The summed E-state index contributed by atoms with van der Waals surface area (Å²) in [5.74, 6) is 3.41. The van der Waals surface area contributed by atoms with Gasteiger partial charge in [0, 0.05) is 17.2 Å². The molecule has 0 aliphatic carbocycles. The van der Waals surface area contributed by atoms with Crippen molar-refractivity contribution >= 4 is 11.8 Å². The van der Waals surface area contributed by atoms with Crippen molar-refractivity contribution in [2.75, 3.05) is 18.8 Å². The van der Waals surface area contributed by atoms with Gasteiger partial charge in [-0.25, -0.2) is 0 Å². The van der Waals surface area contributed by atoms with E-state index in [-0.39, 0.29) is 0 Å². The lowest BCUT2D eigenvalue weighted by Gasteiger charge is -2.37. The largest absolute Gasteiger partial charge is 0.316 e. The summed E-state index contributed by atoms with van der Waals surface area (Å²) in [7, 11) is 0. The summed E-state index contributed by atoms with van der Waals surface area (Å²) in [6.07, 6.45) is 1.29. The minimum absolute atomic E-state index is 0.373. The van der Waals surface area contributed by atoms with Gasteiger partial charge in [-0.3, -0.25) is 0 Å². The summed E-state index contributed by atoms with van der Waals surface area (Å²) in [6.45, 7) is 14.0. The Hall–Kier alpha value is -0.470. The minimum atomic E-state index is 0.373. The molecule has 0 fully saturated rings. The molecule has 0 saturated heterocycles. The lowest BCUT2D eigenvalue weighted by atomic mass is 9.71. The molecule has 0 saturated carbocycles. The van der Waals surface area contributed by atoms with Gasteiger partial charge in [0.2, 0.25) is 0 Å². The first-order valence-electron chi connectivity index (χ1n) is 8.35. The summed E-state index contributed by atoms with van der Waals surface area (Å²) in [5.41, 5.74) is 1.95. The molecule has 0 bridgehead atoms. The number of nitrogens with one attached hydrogen (secondary N) is 1. The van der Waals surface area contributed by atoms with E-state index in [1.165, 1.54) is 17.1 Å². The van der Waals surface area contributed by atoms with Crippen LogP contribution in [0.4, 0.5) is 0 Å². The zero-order valence-electron chi connectivity index (χ0n) is 14.3. The zero-order valence-corrected chi connectivity index (χ0v) is 15.1. The SMILES string of the molecule is CC(C)CNCC(C)(CC1CSc2ccccc21)C(C)C. The molecular formula is C19H31NS. The Labute approximate surface area is 135 Å². The van der Waals surface area contributed by atoms with E-state index >= 15 is 0 Å². The molecule has 2 unspecified atom stereocenters. The summed E-state index contributed by atoms with van der Waals surface area (Å²) in [6, 6.07) is 8.98. The second-order valence-corrected chi connectivity index (χ2v) is 8.65. The number of benzene rings is 1. The molecule has 1 nitrogen and oxygen atoms in total. The topological polar surface area (TPSA) is 12.0 Å². The molecule has 1 aromatic rings. The van der Waals surface area contributed by atoms with Gasteiger partial charge in [0.1, 0.15) is 0 Å². The smallest absolute Gasteiger partial charge is 0.0107 e. The van der Waals surface area contributed by atoms with Crippen LogP contribution in [0.3, 0.4) is 0 Å². The molecular weight excluding hydrogens is 274 g/mol. The van der Waals surface area contributed by atoms with Crippen LogP contribution in [0.2, 0.25) is 0 Å². The van der Waals surface area contributed by atoms with E-state index in [2.05, 4.69) is 64.2 Å². The molecule has 0 aromatic heterocycles. The standard InChI is InChI=1S/C19H31NS/c1-14(2)11-20-13-19(5,15(3)4)10-16-12-21-18-9-7-6-8-17(16)18/h6-9,14-16,20H,10-13H2,1-5H3. The second kappa shape index (κ2) is 7.19. The van der Waals surface area contributed by atoms with E-state index in [0.29, 0.717) is 11.3 Å². The number of hydrogen-bond donors (Lipinski definition) is 1. The molecule has 0 radical (unpaired) electrons. The quantitative estimate of drug-likeness (QED) is 0.745. The van der Waals surface area contributed by atoms with Crippen molar-refractivity contribution in [1.29, 1.82) is 0 Å². The van der Waals surface area contributed by atoms with Crippen LogP contribution in [0.5, 0.6) is 0 Å². The average Bonchev–Trinajstić information content (AvgIpc) is 2.81. The summed E-state index contributed by atoms with van der Waals surface area (Å²) < 4.78 is 0. The second-order valence-electron chi connectivity index (χ2n) is 7.58. The highest BCUT2D eigenvalue weighted by atomic mass is 32.2. The molecule has 2 atom stereocenters. The average molecular weight is 306 g/mol. The highest BCUT2D eigenvalue weighted by Gasteiger charge is 2.34. The molecule has 2 rings (SSSR count).